The lowest BCUT2D eigenvalue weighted by atomic mass is 10.1. The Morgan fingerprint density at radius 3 is 2.64 bits per heavy atom. The highest BCUT2D eigenvalue weighted by Crippen LogP contribution is 2.48. The maximum absolute atomic E-state index is 12.7. The molecule has 1 amide bonds. The average molecular weight is 343 g/mol. The third kappa shape index (κ3) is 3.20. The number of aryl methyl sites for hydroxylation is 3. The molecule has 2 fully saturated rings. The van der Waals surface area contributed by atoms with Crippen LogP contribution in [0.3, 0.4) is 0 Å². The van der Waals surface area contributed by atoms with E-state index in [2.05, 4.69) is 15.2 Å². The molecule has 7 nitrogen and oxygen atoms in total. The summed E-state index contributed by atoms with van der Waals surface area (Å²) >= 11 is 0. The van der Waals surface area contributed by atoms with Gasteiger partial charge in [-0.2, -0.15) is 5.10 Å². The second kappa shape index (κ2) is 6.29. The van der Waals surface area contributed by atoms with Gasteiger partial charge in [0.2, 0.25) is 5.91 Å². The Morgan fingerprint density at radius 2 is 2.04 bits per heavy atom. The van der Waals surface area contributed by atoms with E-state index >= 15 is 0 Å². The van der Waals surface area contributed by atoms with E-state index in [1.807, 2.05) is 42.9 Å². The van der Waals surface area contributed by atoms with Crippen molar-refractivity contribution in [2.24, 2.45) is 13.0 Å². The van der Waals surface area contributed by atoms with Gasteiger partial charge in [0.25, 0.3) is 0 Å². The van der Waals surface area contributed by atoms with Crippen LogP contribution in [0.15, 0.2) is 16.9 Å². The largest absolute Gasteiger partial charge is 0.361 e. The van der Waals surface area contributed by atoms with Crippen molar-refractivity contribution in [1.29, 1.82) is 0 Å². The van der Waals surface area contributed by atoms with E-state index in [1.165, 1.54) is 11.1 Å². The zero-order valence-corrected chi connectivity index (χ0v) is 15.1. The lowest BCUT2D eigenvalue weighted by Crippen LogP contribution is -2.48. The van der Waals surface area contributed by atoms with Crippen molar-refractivity contribution in [3.05, 3.63) is 35.0 Å². The Labute approximate surface area is 147 Å². The van der Waals surface area contributed by atoms with E-state index in [0.717, 1.165) is 50.6 Å². The molecule has 25 heavy (non-hydrogen) atoms. The topological polar surface area (TPSA) is 67.4 Å². The molecule has 1 saturated heterocycles. The predicted octanol–water partition coefficient (Wildman–Crippen LogP) is 1.47. The van der Waals surface area contributed by atoms with Crippen LogP contribution in [-0.2, 0) is 18.4 Å². The minimum atomic E-state index is 0.151. The van der Waals surface area contributed by atoms with Crippen molar-refractivity contribution < 1.29 is 9.32 Å². The minimum absolute atomic E-state index is 0.151. The molecule has 0 N–H and O–H groups in total. The van der Waals surface area contributed by atoms with Crippen LogP contribution in [0.5, 0.6) is 0 Å². The summed E-state index contributed by atoms with van der Waals surface area (Å²) in [6.07, 6.45) is 4.88. The molecule has 7 heteroatoms. The van der Waals surface area contributed by atoms with Crippen molar-refractivity contribution in [3.8, 4) is 0 Å². The molecule has 4 rings (SSSR count). The first-order valence-corrected chi connectivity index (χ1v) is 8.94. The van der Waals surface area contributed by atoms with Gasteiger partial charge in [-0.15, -0.1) is 0 Å². The van der Waals surface area contributed by atoms with E-state index in [4.69, 9.17) is 4.52 Å². The van der Waals surface area contributed by atoms with Crippen molar-refractivity contribution in [3.63, 3.8) is 0 Å². The van der Waals surface area contributed by atoms with Crippen LogP contribution < -0.4 is 0 Å². The molecule has 0 unspecified atom stereocenters. The molecule has 0 radical (unpaired) electrons. The van der Waals surface area contributed by atoms with E-state index in [1.54, 1.807) is 0 Å². The molecule has 0 spiro atoms. The molecular weight excluding hydrogens is 318 g/mol. The van der Waals surface area contributed by atoms with Crippen LogP contribution in [0.25, 0.3) is 0 Å². The summed E-state index contributed by atoms with van der Waals surface area (Å²) in [4.78, 5) is 17.1. The van der Waals surface area contributed by atoms with Gasteiger partial charge in [0.05, 0.1) is 11.9 Å². The summed E-state index contributed by atoms with van der Waals surface area (Å²) in [5, 5.41) is 8.24. The van der Waals surface area contributed by atoms with Gasteiger partial charge in [-0.05, 0) is 31.7 Å². The number of aromatic nitrogens is 3. The van der Waals surface area contributed by atoms with E-state index < -0.39 is 0 Å². The normalized spacial score (nSPS) is 23.9. The first-order chi connectivity index (χ1) is 12.0. The molecule has 2 aromatic heterocycles. The molecule has 134 valence electrons. The SMILES string of the molecule is Cc1noc(C)c1CN1CCN(C(=O)[C@@H]2C[C@H]2c2cnn(C)c2)CC1. The predicted molar refractivity (Wildman–Crippen MR) is 91.9 cm³/mol. The second-order valence-electron chi connectivity index (χ2n) is 7.30. The number of hydrogen-bond donors (Lipinski definition) is 0. The number of rotatable bonds is 4. The lowest BCUT2D eigenvalue weighted by molar-refractivity contribution is -0.134. The maximum Gasteiger partial charge on any atom is 0.226 e. The van der Waals surface area contributed by atoms with Gasteiger partial charge >= 0.3 is 0 Å². The second-order valence-corrected chi connectivity index (χ2v) is 7.30. The Balaban J connectivity index is 1.30. The summed E-state index contributed by atoms with van der Waals surface area (Å²) in [7, 11) is 1.92. The molecule has 1 saturated carbocycles. The Morgan fingerprint density at radius 1 is 1.28 bits per heavy atom. The molecule has 0 bridgehead atoms. The summed E-state index contributed by atoms with van der Waals surface area (Å²) in [6.45, 7) is 8.21. The lowest BCUT2D eigenvalue weighted by Gasteiger charge is -2.34. The van der Waals surface area contributed by atoms with Gasteiger partial charge in [-0.3, -0.25) is 14.4 Å². The first kappa shape index (κ1) is 16.3. The summed E-state index contributed by atoms with van der Waals surface area (Å²) in [6, 6.07) is 0. The Kier molecular flexibility index (Phi) is 4.11. The van der Waals surface area contributed by atoms with Gasteiger partial charge in [0.1, 0.15) is 5.76 Å². The van der Waals surface area contributed by atoms with E-state index in [9.17, 15) is 4.79 Å². The maximum atomic E-state index is 12.7. The van der Waals surface area contributed by atoms with Gasteiger partial charge in [0, 0.05) is 57.4 Å². The van der Waals surface area contributed by atoms with Crippen molar-refractivity contribution in [2.75, 3.05) is 26.2 Å². The van der Waals surface area contributed by atoms with Gasteiger partial charge in [-0.1, -0.05) is 5.16 Å². The van der Waals surface area contributed by atoms with Gasteiger partial charge < -0.3 is 9.42 Å². The number of carbonyl (C=O) groups is 1. The van der Waals surface area contributed by atoms with Crippen LogP contribution in [0.2, 0.25) is 0 Å². The number of amides is 1. The highest BCUT2D eigenvalue weighted by Gasteiger charge is 2.46. The standard InChI is InChI=1S/C18H25N5O2/c1-12-17(13(2)25-20-12)11-22-4-6-23(7-5-22)18(24)16-8-15(16)14-9-19-21(3)10-14/h9-10,15-16H,4-8,11H2,1-3H3/t15-,16+/m0/s1. The Hall–Kier alpha value is -2.15. The molecule has 0 aromatic carbocycles. The monoisotopic (exact) mass is 343 g/mol. The van der Waals surface area contributed by atoms with Crippen LogP contribution in [0.4, 0.5) is 0 Å². The van der Waals surface area contributed by atoms with Gasteiger partial charge in [-0.25, -0.2) is 0 Å². The number of nitrogens with zero attached hydrogens (tertiary/aromatic N) is 5. The third-order valence-electron chi connectivity index (χ3n) is 5.51. The zero-order valence-electron chi connectivity index (χ0n) is 15.1. The molecule has 2 aromatic rings. The molecule has 2 atom stereocenters. The fourth-order valence-electron chi connectivity index (χ4n) is 3.78. The number of carbonyl (C=O) groups excluding carboxylic acids is 1. The average Bonchev–Trinajstić information content (AvgIpc) is 3.20. The highest BCUT2D eigenvalue weighted by molar-refractivity contribution is 5.83. The van der Waals surface area contributed by atoms with E-state index in [0.29, 0.717) is 11.8 Å². The molecule has 1 aliphatic heterocycles. The van der Waals surface area contributed by atoms with Crippen molar-refractivity contribution >= 4 is 5.91 Å². The smallest absolute Gasteiger partial charge is 0.226 e. The Bertz CT molecular complexity index is 753. The zero-order chi connectivity index (χ0) is 17.6. The van der Waals surface area contributed by atoms with Crippen molar-refractivity contribution in [1.82, 2.24) is 24.7 Å². The fourth-order valence-corrected chi connectivity index (χ4v) is 3.78. The van der Waals surface area contributed by atoms with Crippen molar-refractivity contribution in [2.45, 2.75) is 32.7 Å². The fraction of sp³-hybridized carbons (Fsp3) is 0.611. The summed E-state index contributed by atoms with van der Waals surface area (Å²) < 4.78 is 7.05. The third-order valence-corrected chi connectivity index (χ3v) is 5.51. The van der Waals surface area contributed by atoms with Crippen LogP contribution >= 0.6 is 0 Å². The van der Waals surface area contributed by atoms with Crippen LogP contribution in [0, 0.1) is 19.8 Å². The summed E-state index contributed by atoms with van der Waals surface area (Å²) in [5.41, 5.74) is 3.34. The molecular formula is C18H25N5O2. The molecule has 2 aliphatic rings. The quantitative estimate of drug-likeness (QED) is 0.841. The van der Waals surface area contributed by atoms with E-state index in [-0.39, 0.29) is 5.92 Å². The van der Waals surface area contributed by atoms with Gasteiger partial charge in [0.15, 0.2) is 0 Å². The van der Waals surface area contributed by atoms with Crippen LogP contribution in [0.1, 0.15) is 34.9 Å². The molecule has 3 heterocycles. The summed E-state index contributed by atoms with van der Waals surface area (Å²) in [5.74, 6) is 1.72. The van der Waals surface area contributed by atoms with Crippen LogP contribution in [-0.4, -0.2) is 56.8 Å². The highest BCUT2D eigenvalue weighted by atomic mass is 16.5. The number of hydrogen-bond acceptors (Lipinski definition) is 5. The first-order valence-electron chi connectivity index (χ1n) is 8.94. The molecule has 1 aliphatic carbocycles. The minimum Gasteiger partial charge on any atom is -0.361 e. The number of piperazine rings is 1.